The number of hydrogen-bond donors (Lipinski definition) is 1. The highest BCUT2D eigenvalue weighted by molar-refractivity contribution is 5.79. The van der Waals surface area contributed by atoms with Crippen molar-refractivity contribution in [1.82, 2.24) is 4.90 Å². The summed E-state index contributed by atoms with van der Waals surface area (Å²) in [6, 6.07) is 0.411. The molecule has 106 valence electrons. The minimum atomic E-state index is -1.32. The van der Waals surface area contributed by atoms with Gasteiger partial charge < -0.3 is 10.0 Å². The Hall–Kier alpha value is -2.25. The Morgan fingerprint density at radius 1 is 1.45 bits per heavy atom. The molecule has 1 saturated heterocycles. The first-order chi connectivity index (χ1) is 9.49. The van der Waals surface area contributed by atoms with E-state index in [1.807, 2.05) is 0 Å². The van der Waals surface area contributed by atoms with E-state index in [4.69, 9.17) is 10.6 Å². The van der Waals surface area contributed by atoms with Crippen LogP contribution in [0.25, 0.3) is 10.4 Å². The fraction of sp³-hybridized carbons (Fsp3) is 0.364. The Kier molecular flexibility index (Phi) is 3.82. The number of rotatable bonds is 3. The lowest BCUT2D eigenvalue weighted by Gasteiger charge is -2.15. The van der Waals surface area contributed by atoms with E-state index in [1.54, 1.807) is 0 Å². The fourth-order valence-electron chi connectivity index (χ4n) is 2.21. The number of likely N-dealkylation sites (tertiary alicyclic amines) is 1. The van der Waals surface area contributed by atoms with E-state index in [2.05, 4.69) is 10.0 Å². The predicted molar refractivity (Wildman–Crippen MR) is 61.3 cm³/mol. The average molecular weight is 286 g/mol. The third-order valence-corrected chi connectivity index (χ3v) is 3.12. The molecule has 1 fully saturated rings. The minimum Gasteiger partial charge on any atom is -0.376 e. The van der Waals surface area contributed by atoms with Crippen molar-refractivity contribution in [3.8, 4) is 0 Å². The van der Waals surface area contributed by atoms with Gasteiger partial charge in [-0.15, -0.1) is 0 Å². The lowest BCUT2D eigenvalue weighted by molar-refractivity contribution is -0.130. The van der Waals surface area contributed by atoms with Crippen LogP contribution in [0.5, 0.6) is 0 Å². The molecule has 1 amide bonds. The maximum absolute atomic E-state index is 14.1. The molecule has 2 rings (SSSR count). The molecule has 6 nitrogen and oxygen atoms in total. The van der Waals surface area contributed by atoms with Crippen LogP contribution in [0.3, 0.4) is 0 Å². The molecule has 0 spiro atoms. The van der Waals surface area contributed by atoms with Crippen molar-refractivity contribution in [2.75, 3.05) is 13.3 Å². The van der Waals surface area contributed by atoms with Crippen LogP contribution in [0.1, 0.15) is 17.9 Å². The number of aliphatic hydroxyl groups is 1. The number of nitrogens with zero attached hydrogens (tertiary/aromatic N) is 4. The molecule has 0 bridgehead atoms. The maximum atomic E-state index is 14.1. The summed E-state index contributed by atoms with van der Waals surface area (Å²) in [5, 5.41) is 11.8. The summed E-state index contributed by atoms with van der Waals surface area (Å²) in [7, 11) is 0. The maximum Gasteiger partial charge on any atom is 0.225 e. The highest BCUT2D eigenvalue weighted by Crippen LogP contribution is 2.36. The zero-order valence-electron chi connectivity index (χ0n) is 10.1. The Bertz CT molecular complexity index is 616. The smallest absolute Gasteiger partial charge is 0.225 e. The number of hydrogen-bond acceptors (Lipinski definition) is 3. The third kappa shape index (κ3) is 2.28. The van der Waals surface area contributed by atoms with E-state index in [0.29, 0.717) is 6.07 Å². The lowest BCUT2D eigenvalue weighted by atomic mass is 9.96. The molecule has 0 aliphatic carbocycles. The van der Waals surface area contributed by atoms with Gasteiger partial charge in [-0.05, 0) is 5.53 Å². The lowest BCUT2D eigenvalue weighted by Crippen LogP contribution is -2.25. The van der Waals surface area contributed by atoms with Gasteiger partial charge in [0.05, 0.1) is 0 Å². The standard InChI is InChI=1S/C11H9F3N4O2/c12-6-2-7(13)11(16-17-15)10(14)9(6)5-1-8(20)18(3-5)4-19/h2,5,19H,1,3-4H2. The molecule has 1 aliphatic rings. The van der Waals surface area contributed by atoms with Crippen LogP contribution >= 0.6 is 0 Å². The summed E-state index contributed by atoms with van der Waals surface area (Å²) in [6.45, 7) is -0.659. The highest BCUT2D eigenvalue weighted by Gasteiger charge is 2.34. The Balaban J connectivity index is 2.50. The number of carbonyl (C=O) groups excluding carboxylic acids is 1. The molecular weight excluding hydrogens is 277 g/mol. The second-order valence-corrected chi connectivity index (χ2v) is 4.26. The molecular formula is C11H9F3N4O2. The topological polar surface area (TPSA) is 89.3 Å². The third-order valence-electron chi connectivity index (χ3n) is 3.12. The van der Waals surface area contributed by atoms with E-state index in [1.165, 1.54) is 0 Å². The summed E-state index contributed by atoms with van der Waals surface area (Å²) in [6.07, 6.45) is -0.213. The van der Waals surface area contributed by atoms with Crippen LogP contribution in [0.15, 0.2) is 11.2 Å². The second kappa shape index (κ2) is 5.40. The van der Waals surface area contributed by atoms with Crippen LogP contribution in [-0.2, 0) is 4.79 Å². The zero-order chi connectivity index (χ0) is 14.9. The summed E-state index contributed by atoms with van der Waals surface area (Å²) >= 11 is 0. The summed E-state index contributed by atoms with van der Waals surface area (Å²) in [5.41, 5.74) is 6.80. The molecule has 0 radical (unpaired) electrons. The van der Waals surface area contributed by atoms with E-state index in [9.17, 15) is 18.0 Å². The minimum absolute atomic E-state index is 0.0927. The summed E-state index contributed by atoms with van der Waals surface area (Å²) in [4.78, 5) is 14.7. The van der Waals surface area contributed by atoms with Gasteiger partial charge in [-0.2, -0.15) is 0 Å². The van der Waals surface area contributed by atoms with Gasteiger partial charge in [-0.3, -0.25) is 4.79 Å². The van der Waals surface area contributed by atoms with Crippen LogP contribution in [0.4, 0.5) is 18.9 Å². The largest absolute Gasteiger partial charge is 0.376 e. The Morgan fingerprint density at radius 2 is 2.15 bits per heavy atom. The molecule has 20 heavy (non-hydrogen) atoms. The monoisotopic (exact) mass is 286 g/mol. The van der Waals surface area contributed by atoms with Crippen LogP contribution in [-0.4, -0.2) is 29.2 Å². The van der Waals surface area contributed by atoms with Crippen molar-refractivity contribution >= 4 is 11.6 Å². The van der Waals surface area contributed by atoms with Crippen molar-refractivity contribution in [1.29, 1.82) is 0 Å². The Morgan fingerprint density at radius 3 is 2.70 bits per heavy atom. The summed E-state index contributed by atoms with van der Waals surface area (Å²) < 4.78 is 41.1. The molecule has 1 heterocycles. The van der Waals surface area contributed by atoms with Crippen molar-refractivity contribution in [2.24, 2.45) is 5.11 Å². The molecule has 1 N–H and O–H groups in total. The number of halogens is 3. The van der Waals surface area contributed by atoms with E-state index in [-0.39, 0.29) is 13.0 Å². The van der Waals surface area contributed by atoms with Gasteiger partial charge in [0.2, 0.25) is 5.91 Å². The average Bonchev–Trinajstić information content (AvgIpc) is 2.75. The van der Waals surface area contributed by atoms with Gasteiger partial charge in [-0.1, -0.05) is 5.11 Å². The number of amides is 1. The normalized spacial score (nSPS) is 18.3. The SMILES string of the molecule is [N-]=[N+]=Nc1c(F)cc(F)c(C2CC(=O)N(CO)C2)c1F. The van der Waals surface area contributed by atoms with Crippen LogP contribution < -0.4 is 0 Å². The molecule has 0 aromatic heterocycles. The number of carbonyl (C=O) groups is 1. The van der Waals surface area contributed by atoms with E-state index in [0.717, 1.165) is 4.90 Å². The van der Waals surface area contributed by atoms with Crippen molar-refractivity contribution in [3.05, 3.63) is 39.5 Å². The molecule has 1 aliphatic heterocycles. The quantitative estimate of drug-likeness (QED) is 0.525. The molecule has 1 aromatic carbocycles. The van der Waals surface area contributed by atoms with Gasteiger partial charge >= 0.3 is 0 Å². The first-order valence-corrected chi connectivity index (χ1v) is 5.60. The number of aliphatic hydroxyl groups excluding tert-OH is 1. The molecule has 0 saturated carbocycles. The fourth-order valence-corrected chi connectivity index (χ4v) is 2.21. The van der Waals surface area contributed by atoms with Gasteiger partial charge in [-0.25, -0.2) is 13.2 Å². The molecule has 1 atom stereocenters. The van der Waals surface area contributed by atoms with Gasteiger partial charge in [0.1, 0.15) is 29.9 Å². The van der Waals surface area contributed by atoms with Crippen LogP contribution in [0.2, 0.25) is 0 Å². The zero-order valence-corrected chi connectivity index (χ0v) is 10.1. The van der Waals surface area contributed by atoms with Crippen molar-refractivity contribution < 1.29 is 23.1 Å². The molecule has 1 aromatic rings. The second-order valence-electron chi connectivity index (χ2n) is 4.26. The van der Waals surface area contributed by atoms with Gasteiger partial charge in [0.15, 0.2) is 0 Å². The Labute approximate surface area is 111 Å². The van der Waals surface area contributed by atoms with Gasteiger partial charge in [0.25, 0.3) is 0 Å². The van der Waals surface area contributed by atoms with Gasteiger partial charge in [0, 0.05) is 35.4 Å². The van der Waals surface area contributed by atoms with E-state index < -0.39 is 47.3 Å². The number of benzene rings is 1. The first-order valence-electron chi connectivity index (χ1n) is 5.60. The first kappa shape index (κ1) is 14.2. The van der Waals surface area contributed by atoms with Crippen molar-refractivity contribution in [3.63, 3.8) is 0 Å². The number of azide groups is 1. The van der Waals surface area contributed by atoms with E-state index >= 15 is 0 Å². The molecule has 1 unspecified atom stereocenters. The predicted octanol–water partition coefficient (Wildman–Crippen LogP) is 2.31. The van der Waals surface area contributed by atoms with Crippen LogP contribution in [0, 0.1) is 17.5 Å². The van der Waals surface area contributed by atoms with Crippen molar-refractivity contribution in [2.45, 2.75) is 12.3 Å². The highest BCUT2D eigenvalue weighted by atomic mass is 19.1. The summed E-state index contributed by atoms with van der Waals surface area (Å²) in [5.74, 6) is -5.13. The molecule has 9 heteroatoms.